The van der Waals surface area contributed by atoms with E-state index in [1.54, 1.807) is 8.61 Å². The summed E-state index contributed by atoms with van der Waals surface area (Å²) in [5, 5.41) is 0. The number of anilines is 1. The lowest BCUT2D eigenvalue weighted by molar-refractivity contribution is 0.295. The molecule has 5 nitrogen and oxygen atoms in total. The van der Waals surface area contributed by atoms with Crippen molar-refractivity contribution in [2.45, 2.75) is 19.3 Å². The first-order chi connectivity index (χ1) is 10.2. The molecule has 0 atom stereocenters. The van der Waals surface area contributed by atoms with Crippen molar-refractivity contribution >= 4 is 15.9 Å². The molecule has 1 aromatic rings. The molecule has 21 heavy (non-hydrogen) atoms. The molecule has 6 heteroatoms. The highest BCUT2D eigenvalue weighted by Gasteiger charge is 2.32. The minimum Gasteiger partial charge on any atom is -0.369 e. The summed E-state index contributed by atoms with van der Waals surface area (Å²) in [5.74, 6) is 0. The maximum absolute atomic E-state index is 12.6. The van der Waals surface area contributed by atoms with Crippen LogP contribution < -0.4 is 4.90 Å². The third-order valence-electron chi connectivity index (χ3n) is 4.33. The average Bonchev–Trinajstić information content (AvgIpc) is 2.57. The van der Waals surface area contributed by atoms with Crippen molar-refractivity contribution in [3.8, 4) is 0 Å². The van der Waals surface area contributed by atoms with E-state index in [2.05, 4.69) is 17.0 Å². The summed E-state index contributed by atoms with van der Waals surface area (Å²) in [6.07, 6.45) is 3.13. The highest BCUT2D eigenvalue weighted by Crippen LogP contribution is 2.20. The summed E-state index contributed by atoms with van der Waals surface area (Å²) >= 11 is 0. The van der Waals surface area contributed by atoms with Crippen LogP contribution in [0.4, 0.5) is 5.69 Å². The Labute approximate surface area is 127 Å². The van der Waals surface area contributed by atoms with E-state index in [0.717, 1.165) is 32.4 Å². The number of nitrogens with zero attached hydrogens (tertiary/aromatic N) is 3. The van der Waals surface area contributed by atoms with E-state index in [-0.39, 0.29) is 0 Å². The summed E-state index contributed by atoms with van der Waals surface area (Å²) in [6.45, 7) is 4.04. The van der Waals surface area contributed by atoms with Gasteiger partial charge in [-0.05, 0) is 25.0 Å². The van der Waals surface area contributed by atoms with Crippen molar-refractivity contribution < 1.29 is 8.42 Å². The van der Waals surface area contributed by atoms with Gasteiger partial charge in [0, 0.05) is 45.0 Å². The Kier molecular flexibility index (Phi) is 4.47. The summed E-state index contributed by atoms with van der Waals surface area (Å²) in [6, 6.07) is 10.2. The molecule has 0 aliphatic carbocycles. The fourth-order valence-electron chi connectivity index (χ4n) is 3.07. The molecule has 2 heterocycles. The Balaban J connectivity index is 1.62. The van der Waals surface area contributed by atoms with Gasteiger partial charge in [-0.3, -0.25) is 0 Å². The SMILES string of the molecule is O=S(=O)(N1CCCCC1)N1CCN(c2ccccc2)CC1. The fraction of sp³-hybridized carbons (Fsp3) is 0.600. The van der Waals surface area contributed by atoms with Crippen LogP contribution in [0.2, 0.25) is 0 Å². The zero-order valence-corrected chi connectivity index (χ0v) is 13.1. The molecule has 116 valence electrons. The lowest BCUT2D eigenvalue weighted by Gasteiger charge is -2.38. The first-order valence-corrected chi connectivity index (χ1v) is 9.13. The molecule has 0 bridgehead atoms. The lowest BCUT2D eigenvalue weighted by atomic mass is 10.2. The minimum absolute atomic E-state index is 0.577. The van der Waals surface area contributed by atoms with E-state index < -0.39 is 10.2 Å². The molecule has 0 amide bonds. The van der Waals surface area contributed by atoms with Crippen molar-refractivity contribution in [1.29, 1.82) is 0 Å². The van der Waals surface area contributed by atoms with Gasteiger partial charge >= 0.3 is 0 Å². The zero-order chi connectivity index (χ0) is 14.7. The molecule has 1 aromatic carbocycles. The van der Waals surface area contributed by atoms with Crippen molar-refractivity contribution in [2.24, 2.45) is 0 Å². The lowest BCUT2D eigenvalue weighted by Crippen LogP contribution is -2.53. The van der Waals surface area contributed by atoms with Crippen LogP contribution in [0.1, 0.15) is 19.3 Å². The second-order valence-electron chi connectivity index (χ2n) is 5.69. The maximum atomic E-state index is 12.6. The summed E-state index contributed by atoms with van der Waals surface area (Å²) in [7, 11) is -3.25. The topological polar surface area (TPSA) is 43.9 Å². The van der Waals surface area contributed by atoms with Crippen molar-refractivity contribution in [1.82, 2.24) is 8.61 Å². The number of piperazine rings is 1. The molecule has 0 saturated carbocycles. The molecule has 0 spiro atoms. The molecule has 2 aliphatic rings. The molecule has 0 N–H and O–H groups in total. The van der Waals surface area contributed by atoms with Gasteiger partial charge in [-0.1, -0.05) is 24.6 Å². The fourth-order valence-corrected chi connectivity index (χ4v) is 4.75. The summed E-state index contributed by atoms with van der Waals surface area (Å²) < 4.78 is 28.5. The Bertz CT molecular complexity index is 548. The molecular formula is C15H23N3O2S. The van der Waals surface area contributed by atoms with Crippen molar-refractivity contribution in [2.75, 3.05) is 44.2 Å². The molecule has 2 saturated heterocycles. The highest BCUT2D eigenvalue weighted by atomic mass is 32.2. The van der Waals surface area contributed by atoms with E-state index in [4.69, 9.17) is 0 Å². The number of hydrogen-bond acceptors (Lipinski definition) is 3. The molecular weight excluding hydrogens is 286 g/mol. The number of para-hydroxylation sites is 1. The van der Waals surface area contributed by atoms with Crippen LogP contribution in [0.25, 0.3) is 0 Å². The number of piperidine rings is 1. The zero-order valence-electron chi connectivity index (χ0n) is 12.3. The number of benzene rings is 1. The van der Waals surface area contributed by atoms with Gasteiger partial charge in [0.1, 0.15) is 0 Å². The summed E-state index contributed by atoms with van der Waals surface area (Å²) in [5.41, 5.74) is 1.17. The van der Waals surface area contributed by atoms with Gasteiger partial charge in [0.2, 0.25) is 0 Å². The van der Waals surface area contributed by atoms with Crippen LogP contribution in [0.15, 0.2) is 30.3 Å². The predicted octanol–water partition coefficient (Wildman–Crippen LogP) is 1.54. The molecule has 0 unspecified atom stereocenters. The third-order valence-corrected chi connectivity index (χ3v) is 6.36. The predicted molar refractivity (Wildman–Crippen MR) is 84.6 cm³/mol. The Morgan fingerprint density at radius 1 is 0.714 bits per heavy atom. The highest BCUT2D eigenvalue weighted by molar-refractivity contribution is 7.86. The molecule has 0 aromatic heterocycles. The quantitative estimate of drug-likeness (QED) is 0.851. The molecule has 0 radical (unpaired) electrons. The number of hydrogen-bond donors (Lipinski definition) is 0. The van der Waals surface area contributed by atoms with Gasteiger partial charge in [-0.2, -0.15) is 17.0 Å². The van der Waals surface area contributed by atoms with Gasteiger partial charge in [0.25, 0.3) is 10.2 Å². The van der Waals surface area contributed by atoms with Crippen LogP contribution in [-0.4, -0.2) is 56.3 Å². The van der Waals surface area contributed by atoms with Crippen LogP contribution in [0.5, 0.6) is 0 Å². The van der Waals surface area contributed by atoms with E-state index in [9.17, 15) is 8.42 Å². The van der Waals surface area contributed by atoms with Crippen LogP contribution >= 0.6 is 0 Å². The molecule has 2 aliphatic heterocycles. The normalized spacial score (nSPS) is 22.4. The van der Waals surface area contributed by atoms with Crippen molar-refractivity contribution in [3.63, 3.8) is 0 Å². The van der Waals surface area contributed by atoms with E-state index in [1.807, 2.05) is 18.2 Å². The van der Waals surface area contributed by atoms with Crippen LogP contribution in [-0.2, 0) is 10.2 Å². The Morgan fingerprint density at radius 3 is 1.90 bits per heavy atom. The van der Waals surface area contributed by atoms with Gasteiger partial charge in [-0.25, -0.2) is 0 Å². The summed E-state index contributed by atoms with van der Waals surface area (Å²) in [4.78, 5) is 2.25. The van der Waals surface area contributed by atoms with Gasteiger partial charge in [-0.15, -0.1) is 0 Å². The standard InChI is InChI=1S/C15H23N3O2S/c19-21(20,17-9-5-2-6-10-17)18-13-11-16(12-14-18)15-7-3-1-4-8-15/h1,3-4,7-8H,2,5-6,9-14H2. The first-order valence-electron chi connectivity index (χ1n) is 7.73. The van der Waals surface area contributed by atoms with Gasteiger partial charge < -0.3 is 4.90 Å². The third kappa shape index (κ3) is 3.22. The number of rotatable bonds is 3. The first kappa shape index (κ1) is 14.8. The second kappa shape index (κ2) is 6.34. The Morgan fingerprint density at radius 2 is 1.29 bits per heavy atom. The van der Waals surface area contributed by atoms with Gasteiger partial charge in [0.05, 0.1) is 0 Å². The second-order valence-corrected chi connectivity index (χ2v) is 7.62. The monoisotopic (exact) mass is 309 g/mol. The van der Waals surface area contributed by atoms with Crippen LogP contribution in [0.3, 0.4) is 0 Å². The average molecular weight is 309 g/mol. The van der Waals surface area contributed by atoms with Crippen LogP contribution in [0, 0.1) is 0 Å². The molecule has 2 fully saturated rings. The van der Waals surface area contributed by atoms with E-state index in [0.29, 0.717) is 26.2 Å². The Hall–Kier alpha value is -1.11. The van der Waals surface area contributed by atoms with E-state index >= 15 is 0 Å². The smallest absolute Gasteiger partial charge is 0.282 e. The van der Waals surface area contributed by atoms with E-state index in [1.165, 1.54) is 5.69 Å². The molecule has 3 rings (SSSR count). The van der Waals surface area contributed by atoms with Crippen molar-refractivity contribution in [3.05, 3.63) is 30.3 Å². The largest absolute Gasteiger partial charge is 0.369 e. The minimum atomic E-state index is -3.25. The van der Waals surface area contributed by atoms with Gasteiger partial charge in [0.15, 0.2) is 0 Å². The maximum Gasteiger partial charge on any atom is 0.282 e.